The molecule has 1 aromatic carbocycles. The van der Waals surface area contributed by atoms with Crippen LogP contribution >= 0.6 is 23.1 Å². The van der Waals surface area contributed by atoms with Crippen LogP contribution in [0.15, 0.2) is 33.2 Å². The van der Waals surface area contributed by atoms with Gasteiger partial charge in [0, 0.05) is 18.5 Å². The Labute approximate surface area is 149 Å². The van der Waals surface area contributed by atoms with E-state index in [0.29, 0.717) is 29.8 Å². The number of hydrogen-bond acceptors (Lipinski definition) is 6. The summed E-state index contributed by atoms with van der Waals surface area (Å²) in [6.07, 6.45) is 0. The minimum atomic E-state index is -0.00927. The van der Waals surface area contributed by atoms with Crippen molar-refractivity contribution in [3.05, 3.63) is 39.8 Å². The van der Waals surface area contributed by atoms with Crippen LogP contribution in [0.5, 0.6) is 0 Å². The summed E-state index contributed by atoms with van der Waals surface area (Å²) in [5, 5.41) is 3.35. The molecule has 5 nitrogen and oxygen atoms in total. The summed E-state index contributed by atoms with van der Waals surface area (Å²) in [4.78, 5) is 23.0. The van der Waals surface area contributed by atoms with Crippen molar-refractivity contribution in [1.82, 2.24) is 14.9 Å². The summed E-state index contributed by atoms with van der Waals surface area (Å²) < 4.78 is 5.75. The topological polar surface area (TPSA) is 59.2 Å². The number of aromatic nitrogens is 2. The van der Waals surface area contributed by atoms with E-state index < -0.39 is 0 Å². The van der Waals surface area contributed by atoms with Crippen LogP contribution in [0.25, 0.3) is 11.1 Å². The molecule has 3 aromatic rings. The standard InChI is InChI=1S/C17H19N3O2S2/c1-4-20(5-2)16(21)12-9-23-14(18-12)10-24-17-19-15-11(3)7-6-8-13(15)22-17/h6-9H,4-5,10H2,1-3H3. The van der Waals surface area contributed by atoms with Gasteiger partial charge in [-0.3, -0.25) is 4.79 Å². The van der Waals surface area contributed by atoms with Crippen LogP contribution < -0.4 is 0 Å². The fourth-order valence-electron chi connectivity index (χ4n) is 2.40. The highest BCUT2D eigenvalue weighted by Gasteiger charge is 2.16. The van der Waals surface area contributed by atoms with Crippen molar-refractivity contribution in [2.24, 2.45) is 0 Å². The average molecular weight is 361 g/mol. The first kappa shape index (κ1) is 17.0. The van der Waals surface area contributed by atoms with Gasteiger partial charge in [0.25, 0.3) is 11.1 Å². The molecule has 2 aromatic heterocycles. The Bertz CT molecular complexity index is 853. The van der Waals surface area contributed by atoms with Gasteiger partial charge < -0.3 is 9.32 Å². The third kappa shape index (κ3) is 3.47. The molecule has 0 saturated carbocycles. The monoisotopic (exact) mass is 361 g/mol. The van der Waals surface area contributed by atoms with Crippen molar-refractivity contribution < 1.29 is 9.21 Å². The molecule has 0 fully saturated rings. The lowest BCUT2D eigenvalue weighted by molar-refractivity contribution is 0.0768. The molecule has 0 saturated heterocycles. The molecular weight excluding hydrogens is 342 g/mol. The number of amides is 1. The first-order valence-corrected chi connectivity index (χ1v) is 9.71. The number of para-hydroxylation sites is 1. The molecular formula is C17H19N3O2S2. The third-order valence-corrected chi connectivity index (χ3v) is 5.61. The highest BCUT2D eigenvalue weighted by molar-refractivity contribution is 7.98. The maximum atomic E-state index is 12.3. The Morgan fingerprint density at radius 2 is 2.08 bits per heavy atom. The van der Waals surface area contributed by atoms with Crippen LogP contribution in [-0.4, -0.2) is 33.9 Å². The van der Waals surface area contributed by atoms with Gasteiger partial charge in [-0.2, -0.15) is 0 Å². The van der Waals surface area contributed by atoms with Gasteiger partial charge in [0.2, 0.25) is 0 Å². The molecule has 0 bridgehead atoms. The zero-order valence-electron chi connectivity index (χ0n) is 13.9. The highest BCUT2D eigenvalue weighted by Crippen LogP contribution is 2.28. The van der Waals surface area contributed by atoms with E-state index in [9.17, 15) is 4.79 Å². The van der Waals surface area contributed by atoms with Crippen molar-refractivity contribution in [3.63, 3.8) is 0 Å². The zero-order valence-corrected chi connectivity index (χ0v) is 15.5. The van der Waals surface area contributed by atoms with Gasteiger partial charge in [0.1, 0.15) is 16.2 Å². The number of thiazole rings is 1. The third-order valence-electron chi connectivity index (χ3n) is 3.74. The summed E-state index contributed by atoms with van der Waals surface area (Å²) in [7, 11) is 0. The number of benzene rings is 1. The molecule has 0 aliphatic rings. The van der Waals surface area contributed by atoms with E-state index in [0.717, 1.165) is 21.7 Å². The van der Waals surface area contributed by atoms with Crippen LogP contribution in [0.1, 0.15) is 34.9 Å². The Morgan fingerprint density at radius 1 is 1.29 bits per heavy atom. The van der Waals surface area contributed by atoms with Crippen molar-refractivity contribution in [3.8, 4) is 0 Å². The predicted octanol–water partition coefficient (Wildman–Crippen LogP) is 4.37. The lowest BCUT2D eigenvalue weighted by Crippen LogP contribution is -2.30. The molecule has 0 radical (unpaired) electrons. The number of carbonyl (C=O) groups excluding carboxylic acids is 1. The predicted molar refractivity (Wildman–Crippen MR) is 97.7 cm³/mol. The summed E-state index contributed by atoms with van der Waals surface area (Å²) >= 11 is 2.99. The maximum Gasteiger partial charge on any atom is 0.273 e. The number of nitrogens with zero attached hydrogens (tertiary/aromatic N) is 3. The molecule has 0 N–H and O–H groups in total. The van der Waals surface area contributed by atoms with Crippen LogP contribution in [-0.2, 0) is 5.75 Å². The number of hydrogen-bond donors (Lipinski definition) is 0. The molecule has 0 aliphatic carbocycles. The number of carbonyl (C=O) groups is 1. The minimum absolute atomic E-state index is 0.00927. The van der Waals surface area contributed by atoms with Gasteiger partial charge in [-0.1, -0.05) is 23.9 Å². The van der Waals surface area contributed by atoms with E-state index >= 15 is 0 Å². The number of oxazole rings is 1. The molecule has 0 unspecified atom stereocenters. The lowest BCUT2D eigenvalue weighted by Gasteiger charge is -2.16. The fraction of sp³-hybridized carbons (Fsp3) is 0.353. The normalized spacial score (nSPS) is 11.1. The number of thioether (sulfide) groups is 1. The van der Waals surface area contributed by atoms with E-state index in [1.54, 1.807) is 4.90 Å². The van der Waals surface area contributed by atoms with E-state index in [4.69, 9.17) is 4.42 Å². The fourth-order valence-corrected chi connectivity index (χ4v) is 4.02. The summed E-state index contributed by atoms with van der Waals surface area (Å²) in [6, 6.07) is 5.90. The van der Waals surface area contributed by atoms with Crippen molar-refractivity contribution in [1.29, 1.82) is 0 Å². The Kier molecular flexibility index (Phi) is 5.20. The molecule has 126 valence electrons. The van der Waals surface area contributed by atoms with E-state index in [-0.39, 0.29) is 5.91 Å². The van der Waals surface area contributed by atoms with Gasteiger partial charge in [0.15, 0.2) is 5.58 Å². The SMILES string of the molecule is CCN(CC)C(=O)c1csc(CSc2nc3c(C)cccc3o2)n1. The second-order valence-electron chi connectivity index (χ2n) is 5.29. The first-order valence-electron chi connectivity index (χ1n) is 7.85. The van der Waals surface area contributed by atoms with Gasteiger partial charge in [-0.05, 0) is 32.4 Å². The van der Waals surface area contributed by atoms with Gasteiger partial charge in [-0.25, -0.2) is 9.97 Å². The average Bonchev–Trinajstić information content (AvgIpc) is 3.21. The summed E-state index contributed by atoms with van der Waals surface area (Å²) in [6.45, 7) is 7.35. The molecule has 0 atom stereocenters. The molecule has 24 heavy (non-hydrogen) atoms. The van der Waals surface area contributed by atoms with Gasteiger partial charge in [0.05, 0.1) is 5.75 Å². The first-order chi connectivity index (χ1) is 11.6. The zero-order chi connectivity index (χ0) is 17.1. The summed E-state index contributed by atoms with van der Waals surface area (Å²) in [5.74, 6) is 0.632. The smallest absolute Gasteiger partial charge is 0.273 e. The second-order valence-corrected chi connectivity index (χ2v) is 7.16. The van der Waals surface area contributed by atoms with Crippen LogP contribution in [0.3, 0.4) is 0 Å². The van der Waals surface area contributed by atoms with Crippen molar-refractivity contribution in [2.75, 3.05) is 13.1 Å². The quantitative estimate of drug-likeness (QED) is 0.610. The maximum absolute atomic E-state index is 12.3. The van der Waals surface area contributed by atoms with Crippen molar-refractivity contribution >= 4 is 40.1 Å². The van der Waals surface area contributed by atoms with Gasteiger partial charge in [-0.15, -0.1) is 11.3 Å². The molecule has 0 aliphatic heterocycles. The van der Waals surface area contributed by atoms with E-state index in [1.165, 1.54) is 23.1 Å². The molecule has 7 heteroatoms. The lowest BCUT2D eigenvalue weighted by atomic mass is 10.2. The molecule has 0 spiro atoms. The highest BCUT2D eigenvalue weighted by atomic mass is 32.2. The van der Waals surface area contributed by atoms with Gasteiger partial charge >= 0.3 is 0 Å². The Balaban J connectivity index is 1.68. The molecule has 2 heterocycles. The number of rotatable bonds is 6. The largest absolute Gasteiger partial charge is 0.431 e. The van der Waals surface area contributed by atoms with Crippen LogP contribution in [0.2, 0.25) is 0 Å². The summed E-state index contributed by atoms with van der Waals surface area (Å²) in [5.41, 5.74) is 3.32. The minimum Gasteiger partial charge on any atom is -0.431 e. The van der Waals surface area contributed by atoms with E-state index in [1.807, 2.05) is 44.4 Å². The molecule has 3 rings (SSSR count). The number of aryl methyl sites for hydroxylation is 1. The molecule has 1 amide bonds. The van der Waals surface area contributed by atoms with Crippen LogP contribution in [0, 0.1) is 6.92 Å². The van der Waals surface area contributed by atoms with E-state index in [2.05, 4.69) is 9.97 Å². The number of fused-ring (bicyclic) bond motifs is 1. The Hall–Kier alpha value is -1.86. The van der Waals surface area contributed by atoms with Crippen LogP contribution in [0.4, 0.5) is 0 Å². The second kappa shape index (κ2) is 7.36. The Morgan fingerprint density at radius 3 is 2.79 bits per heavy atom. The van der Waals surface area contributed by atoms with Crippen molar-refractivity contribution in [2.45, 2.75) is 31.7 Å².